The van der Waals surface area contributed by atoms with Gasteiger partial charge in [0.05, 0.1) is 4.90 Å². The summed E-state index contributed by atoms with van der Waals surface area (Å²) in [5.41, 5.74) is 6.61. The highest BCUT2D eigenvalue weighted by molar-refractivity contribution is 7.99. The van der Waals surface area contributed by atoms with Gasteiger partial charge < -0.3 is 5.73 Å². The van der Waals surface area contributed by atoms with Gasteiger partial charge in [-0.2, -0.15) is 11.8 Å². The molecule has 1 rings (SSSR count). The number of benzene rings is 1. The van der Waals surface area contributed by atoms with Crippen molar-refractivity contribution in [2.45, 2.75) is 24.0 Å². The number of rotatable bonds is 5. The average molecular weight is 309 g/mol. The molecule has 0 fully saturated rings. The van der Waals surface area contributed by atoms with Crippen molar-refractivity contribution in [1.82, 2.24) is 4.72 Å². The molecule has 0 saturated heterocycles. The van der Waals surface area contributed by atoms with Crippen molar-refractivity contribution in [3.8, 4) is 0 Å². The third kappa shape index (κ3) is 3.78. The van der Waals surface area contributed by atoms with E-state index in [-0.39, 0.29) is 10.1 Å². The van der Waals surface area contributed by atoms with Crippen molar-refractivity contribution in [2.24, 2.45) is 0 Å². The van der Waals surface area contributed by atoms with Crippen LogP contribution in [0.1, 0.15) is 12.5 Å². The van der Waals surface area contributed by atoms with E-state index < -0.39 is 10.0 Å². The van der Waals surface area contributed by atoms with Gasteiger partial charge in [0.1, 0.15) is 0 Å². The fourth-order valence-corrected chi connectivity index (χ4v) is 3.42. The van der Waals surface area contributed by atoms with Crippen LogP contribution in [0, 0.1) is 6.92 Å². The molecular formula is C11H17ClN2O2S2. The maximum atomic E-state index is 12.1. The van der Waals surface area contributed by atoms with Crippen LogP contribution >= 0.6 is 23.4 Å². The van der Waals surface area contributed by atoms with E-state index in [2.05, 4.69) is 4.72 Å². The number of anilines is 1. The number of hydrogen-bond acceptors (Lipinski definition) is 4. The van der Waals surface area contributed by atoms with E-state index >= 15 is 0 Å². The summed E-state index contributed by atoms with van der Waals surface area (Å²) in [4.78, 5) is 0.140. The van der Waals surface area contributed by atoms with E-state index in [9.17, 15) is 8.42 Å². The van der Waals surface area contributed by atoms with E-state index in [1.165, 1.54) is 6.07 Å². The third-order valence-electron chi connectivity index (χ3n) is 2.62. The Morgan fingerprint density at radius 3 is 2.67 bits per heavy atom. The number of nitrogens with two attached hydrogens (primary N) is 1. The number of nitrogen functional groups attached to an aromatic ring is 1. The molecule has 0 aliphatic heterocycles. The second kappa shape index (κ2) is 6.14. The number of nitrogens with one attached hydrogen (secondary N) is 1. The minimum Gasteiger partial charge on any atom is -0.398 e. The topological polar surface area (TPSA) is 72.2 Å². The summed E-state index contributed by atoms with van der Waals surface area (Å²) in [7, 11) is -3.57. The van der Waals surface area contributed by atoms with Crippen LogP contribution in [0.5, 0.6) is 0 Å². The molecule has 0 amide bonds. The van der Waals surface area contributed by atoms with Crippen molar-refractivity contribution in [2.75, 3.05) is 18.5 Å². The summed E-state index contributed by atoms with van der Waals surface area (Å²) in [5.74, 6) is 0. The predicted octanol–water partition coefficient (Wildman–Crippen LogP) is 2.26. The van der Waals surface area contributed by atoms with Crippen LogP contribution in [0.4, 0.5) is 5.69 Å². The predicted molar refractivity (Wildman–Crippen MR) is 78.8 cm³/mol. The van der Waals surface area contributed by atoms with Gasteiger partial charge in [0, 0.05) is 22.5 Å². The van der Waals surface area contributed by atoms with Gasteiger partial charge in [-0.3, -0.25) is 0 Å². The molecule has 0 aliphatic rings. The lowest BCUT2D eigenvalue weighted by Gasteiger charge is -2.13. The second-order valence-electron chi connectivity index (χ2n) is 4.02. The van der Waals surface area contributed by atoms with E-state index in [4.69, 9.17) is 17.3 Å². The normalized spacial score (nSPS) is 13.6. The Morgan fingerprint density at radius 1 is 1.50 bits per heavy atom. The molecule has 0 bridgehead atoms. The first kappa shape index (κ1) is 15.6. The number of thioether (sulfide) groups is 1. The summed E-state index contributed by atoms with van der Waals surface area (Å²) >= 11 is 7.44. The maximum absolute atomic E-state index is 12.1. The van der Waals surface area contributed by atoms with Gasteiger partial charge in [-0.05, 0) is 30.9 Å². The Bertz CT molecular complexity index is 532. The Hall–Kier alpha value is -0.430. The first-order valence-corrected chi connectivity index (χ1v) is 8.51. The lowest BCUT2D eigenvalue weighted by atomic mass is 10.2. The highest BCUT2D eigenvalue weighted by Crippen LogP contribution is 2.25. The van der Waals surface area contributed by atoms with Crippen molar-refractivity contribution >= 4 is 39.1 Å². The molecular weight excluding hydrogens is 292 g/mol. The molecule has 0 saturated carbocycles. The lowest BCUT2D eigenvalue weighted by Crippen LogP contribution is -2.30. The highest BCUT2D eigenvalue weighted by atomic mass is 35.5. The maximum Gasteiger partial charge on any atom is 0.240 e. The molecule has 1 unspecified atom stereocenters. The van der Waals surface area contributed by atoms with E-state index in [0.717, 1.165) is 0 Å². The molecule has 4 nitrogen and oxygen atoms in total. The number of hydrogen-bond donors (Lipinski definition) is 2. The summed E-state index contributed by atoms with van der Waals surface area (Å²) in [6, 6.07) is 2.96. The molecule has 3 N–H and O–H groups in total. The van der Waals surface area contributed by atoms with Crippen LogP contribution in [-0.2, 0) is 10.0 Å². The average Bonchev–Trinajstić information content (AvgIpc) is 2.30. The number of sulfonamides is 1. The minimum atomic E-state index is -3.57. The van der Waals surface area contributed by atoms with Crippen LogP contribution in [0.15, 0.2) is 17.0 Å². The van der Waals surface area contributed by atoms with Crippen molar-refractivity contribution in [1.29, 1.82) is 0 Å². The van der Waals surface area contributed by atoms with E-state index in [1.54, 1.807) is 24.8 Å². The lowest BCUT2D eigenvalue weighted by molar-refractivity contribution is 0.581. The van der Waals surface area contributed by atoms with E-state index in [0.29, 0.717) is 22.8 Å². The van der Waals surface area contributed by atoms with Crippen molar-refractivity contribution in [3.63, 3.8) is 0 Å². The van der Waals surface area contributed by atoms with Gasteiger partial charge in [0.15, 0.2) is 0 Å². The van der Waals surface area contributed by atoms with Crippen molar-refractivity contribution in [3.05, 3.63) is 22.7 Å². The quantitative estimate of drug-likeness (QED) is 0.818. The van der Waals surface area contributed by atoms with Gasteiger partial charge in [0.25, 0.3) is 0 Å². The molecule has 102 valence electrons. The van der Waals surface area contributed by atoms with Gasteiger partial charge in [-0.1, -0.05) is 18.5 Å². The summed E-state index contributed by atoms with van der Waals surface area (Å²) in [6.45, 7) is 3.99. The third-order valence-corrected chi connectivity index (χ3v) is 5.36. The summed E-state index contributed by atoms with van der Waals surface area (Å²) in [6.07, 6.45) is 1.93. The molecule has 0 aromatic heterocycles. The zero-order valence-electron chi connectivity index (χ0n) is 10.5. The number of halogens is 1. The molecule has 1 aromatic carbocycles. The molecule has 7 heteroatoms. The summed E-state index contributed by atoms with van der Waals surface area (Å²) in [5, 5.41) is 0.521. The molecule has 0 heterocycles. The van der Waals surface area contributed by atoms with Crippen LogP contribution in [0.3, 0.4) is 0 Å². The summed E-state index contributed by atoms with van der Waals surface area (Å²) < 4.78 is 26.8. The first-order valence-electron chi connectivity index (χ1n) is 5.36. The van der Waals surface area contributed by atoms with Gasteiger partial charge in [-0.25, -0.2) is 13.1 Å². The minimum absolute atomic E-state index is 0.140. The monoisotopic (exact) mass is 308 g/mol. The fourth-order valence-electron chi connectivity index (χ4n) is 1.34. The zero-order valence-corrected chi connectivity index (χ0v) is 12.9. The zero-order chi connectivity index (χ0) is 13.9. The smallest absolute Gasteiger partial charge is 0.240 e. The van der Waals surface area contributed by atoms with Crippen LogP contribution in [0.2, 0.25) is 5.02 Å². The molecule has 18 heavy (non-hydrogen) atoms. The highest BCUT2D eigenvalue weighted by Gasteiger charge is 2.19. The van der Waals surface area contributed by atoms with Gasteiger partial charge in [-0.15, -0.1) is 0 Å². The van der Waals surface area contributed by atoms with Crippen LogP contribution < -0.4 is 10.5 Å². The Morgan fingerprint density at radius 2 is 2.11 bits per heavy atom. The molecule has 0 spiro atoms. The Balaban J connectivity index is 3.05. The SMILES string of the molecule is CSC(C)CNS(=O)(=O)c1cc(Cl)cc(N)c1C. The molecule has 1 atom stereocenters. The van der Waals surface area contributed by atoms with Crippen LogP contribution in [0.25, 0.3) is 0 Å². The first-order chi connectivity index (χ1) is 8.27. The van der Waals surface area contributed by atoms with Crippen molar-refractivity contribution < 1.29 is 8.42 Å². The fraction of sp³-hybridized carbons (Fsp3) is 0.455. The van der Waals surface area contributed by atoms with Gasteiger partial charge >= 0.3 is 0 Å². The Labute approximate surface area is 117 Å². The standard InChI is InChI=1S/C11H17ClN2O2S2/c1-7(17-3)6-14-18(15,16)11-5-9(12)4-10(13)8(11)2/h4-5,7,14H,6,13H2,1-3H3. The van der Waals surface area contributed by atoms with Gasteiger partial charge in [0.2, 0.25) is 10.0 Å². The largest absolute Gasteiger partial charge is 0.398 e. The van der Waals surface area contributed by atoms with Crippen LogP contribution in [-0.4, -0.2) is 26.5 Å². The second-order valence-corrected chi connectivity index (χ2v) is 7.46. The molecule has 0 aliphatic carbocycles. The molecule has 1 aromatic rings. The molecule has 0 radical (unpaired) electrons. The van der Waals surface area contributed by atoms with E-state index in [1.807, 2.05) is 13.2 Å². The Kier molecular flexibility index (Phi) is 5.33.